The van der Waals surface area contributed by atoms with E-state index in [9.17, 15) is 4.79 Å². The first-order chi connectivity index (χ1) is 8.90. The van der Waals surface area contributed by atoms with Crippen molar-refractivity contribution in [3.8, 4) is 0 Å². The molecule has 1 aromatic carbocycles. The molecule has 5 nitrogen and oxygen atoms in total. The van der Waals surface area contributed by atoms with Gasteiger partial charge in [-0.25, -0.2) is 0 Å². The fraction of sp³-hybridized carbons (Fsp3) is 0.357. The molecule has 7 N–H and O–H groups in total. The van der Waals surface area contributed by atoms with Gasteiger partial charge in [-0.3, -0.25) is 4.79 Å². The maximum atomic E-state index is 10.7. The first kappa shape index (κ1) is 15.2. The Kier molecular flexibility index (Phi) is 5.54. The zero-order chi connectivity index (χ0) is 14.4. The van der Waals surface area contributed by atoms with E-state index in [2.05, 4.69) is 0 Å². The van der Waals surface area contributed by atoms with Gasteiger partial charge in [-0.05, 0) is 30.9 Å². The monoisotopic (exact) mass is 263 g/mol. The summed E-state index contributed by atoms with van der Waals surface area (Å²) in [5.41, 5.74) is 19.5. The second kappa shape index (κ2) is 6.92. The zero-order valence-electron chi connectivity index (χ0n) is 11.0. The normalized spacial score (nSPS) is 15.0. The fourth-order valence-corrected chi connectivity index (χ4v) is 1.57. The molecule has 0 aliphatic heterocycles. The minimum Gasteiger partial charge on any atom is -0.480 e. The molecule has 104 valence electrons. The van der Waals surface area contributed by atoms with Gasteiger partial charge in [-0.1, -0.05) is 30.3 Å². The van der Waals surface area contributed by atoms with E-state index in [1.807, 2.05) is 37.3 Å². The Hall–Kier alpha value is -1.85. The summed E-state index contributed by atoms with van der Waals surface area (Å²) in [6.07, 6.45) is 2.93. The molecule has 19 heavy (non-hydrogen) atoms. The molecular formula is C14H21N3O2. The predicted molar refractivity (Wildman–Crippen MR) is 75.4 cm³/mol. The number of carboxylic acid groups (broad SMARTS) is 1. The van der Waals surface area contributed by atoms with Gasteiger partial charge in [0, 0.05) is 11.7 Å². The Balaban J connectivity index is 2.62. The average Bonchev–Trinajstić information content (AvgIpc) is 2.37. The number of rotatable bonds is 6. The van der Waals surface area contributed by atoms with Crippen molar-refractivity contribution < 1.29 is 9.90 Å². The van der Waals surface area contributed by atoms with Gasteiger partial charge < -0.3 is 22.3 Å². The molecular weight excluding hydrogens is 242 g/mol. The highest BCUT2D eigenvalue weighted by Crippen LogP contribution is 2.08. The van der Waals surface area contributed by atoms with Crippen LogP contribution in [0.4, 0.5) is 0 Å². The average molecular weight is 263 g/mol. The van der Waals surface area contributed by atoms with E-state index in [-0.39, 0.29) is 6.04 Å². The third-order valence-electron chi connectivity index (χ3n) is 2.90. The molecule has 0 bridgehead atoms. The number of carbonyl (C=O) groups is 1. The highest BCUT2D eigenvalue weighted by molar-refractivity contribution is 5.73. The third kappa shape index (κ3) is 5.11. The lowest BCUT2D eigenvalue weighted by molar-refractivity contribution is -0.138. The van der Waals surface area contributed by atoms with Crippen LogP contribution in [0.1, 0.15) is 18.1 Å². The number of hydrogen-bond donors (Lipinski definition) is 4. The zero-order valence-corrected chi connectivity index (χ0v) is 11.0. The second-order valence-corrected chi connectivity index (χ2v) is 4.66. The van der Waals surface area contributed by atoms with E-state index < -0.39 is 12.0 Å². The SMILES string of the molecule is CC(N)/C(N)=C/Cc1ccc(CC(N)C(=O)O)cc1. The van der Waals surface area contributed by atoms with Crippen LogP contribution in [0.3, 0.4) is 0 Å². The van der Waals surface area contributed by atoms with E-state index in [1.54, 1.807) is 0 Å². The van der Waals surface area contributed by atoms with Crippen LogP contribution in [0, 0.1) is 0 Å². The van der Waals surface area contributed by atoms with Gasteiger partial charge in [0.2, 0.25) is 0 Å². The smallest absolute Gasteiger partial charge is 0.320 e. The summed E-state index contributed by atoms with van der Waals surface area (Å²) in [5, 5.41) is 8.74. The predicted octanol–water partition coefficient (Wildman–Crippen LogP) is 0.373. The highest BCUT2D eigenvalue weighted by Gasteiger charge is 2.11. The van der Waals surface area contributed by atoms with E-state index in [0.29, 0.717) is 18.5 Å². The van der Waals surface area contributed by atoms with E-state index in [1.165, 1.54) is 0 Å². The Labute approximate surface area is 113 Å². The molecule has 0 saturated carbocycles. The minimum absolute atomic E-state index is 0.146. The number of aliphatic carboxylic acids is 1. The largest absolute Gasteiger partial charge is 0.480 e. The molecule has 0 fully saturated rings. The molecule has 0 radical (unpaired) electrons. The fourth-order valence-electron chi connectivity index (χ4n) is 1.57. The van der Waals surface area contributed by atoms with Crippen LogP contribution in [-0.2, 0) is 17.6 Å². The van der Waals surface area contributed by atoms with Crippen LogP contribution in [0.2, 0.25) is 0 Å². The third-order valence-corrected chi connectivity index (χ3v) is 2.90. The van der Waals surface area contributed by atoms with Gasteiger partial charge in [-0.2, -0.15) is 0 Å². The Bertz CT molecular complexity index is 452. The van der Waals surface area contributed by atoms with Crippen molar-refractivity contribution in [3.63, 3.8) is 0 Å². The van der Waals surface area contributed by atoms with Crippen LogP contribution in [-0.4, -0.2) is 23.2 Å². The molecule has 2 unspecified atom stereocenters. The summed E-state index contributed by atoms with van der Waals surface area (Å²) < 4.78 is 0. The van der Waals surface area contributed by atoms with Crippen molar-refractivity contribution in [2.24, 2.45) is 17.2 Å². The number of allylic oxidation sites excluding steroid dienone is 1. The van der Waals surface area contributed by atoms with Crippen LogP contribution in [0.5, 0.6) is 0 Å². The Morgan fingerprint density at radius 3 is 2.26 bits per heavy atom. The highest BCUT2D eigenvalue weighted by atomic mass is 16.4. The van der Waals surface area contributed by atoms with Gasteiger partial charge in [0.05, 0.1) is 0 Å². The van der Waals surface area contributed by atoms with Crippen molar-refractivity contribution in [1.29, 1.82) is 0 Å². The summed E-state index contributed by atoms with van der Waals surface area (Å²) in [6, 6.07) is 6.64. The van der Waals surface area contributed by atoms with Crippen molar-refractivity contribution in [1.82, 2.24) is 0 Å². The summed E-state index contributed by atoms with van der Waals surface area (Å²) in [5.74, 6) is -0.989. The quantitative estimate of drug-likeness (QED) is 0.592. The molecule has 0 spiro atoms. The van der Waals surface area contributed by atoms with Crippen molar-refractivity contribution >= 4 is 5.97 Å². The van der Waals surface area contributed by atoms with E-state index >= 15 is 0 Å². The van der Waals surface area contributed by atoms with Crippen molar-refractivity contribution in [2.75, 3.05) is 0 Å². The summed E-state index contributed by atoms with van der Waals surface area (Å²) in [4.78, 5) is 10.7. The number of nitrogens with two attached hydrogens (primary N) is 3. The molecule has 1 aromatic rings. The Morgan fingerprint density at radius 1 is 1.26 bits per heavy atom. The van der Waals surface area contributed by atoms with Gasteiger partial charge >= 0.3 is 5.97 Å². The van der Waals surface area contributed by atoms with Crippen LogP contribution < -0.4 is 17.2 Å². The number of benzene rings is 1. The number of hydrogen-bond acceptors (Lipinski definition) is 4. The van der Waals surface area contributed by atoms with E-state index in [0.717, 1.165) is 11.1 Å². The number of carboxylic acids is 1. The first-order valence-electron chi connectivity index (χ1n) is 6.17. The van der Waals surface area contributed by atoms with Crippen molar-refractivity contribution in [2.45, 2.75) is 31.8 Å². The summed E-state index contributed by atoms with van der Waals surface area (Å²) in [6.45, 7) is 1.84. The molecule has 0 saturated heterocycles. The lowest BCUT2D eigenvalue weighted by Gasteiger charge is -2.08. The maximum absolute atomic E-state index is 10.7. The lowest BCUT2D eigenvalue weighted by Crippen LogP contribution is -2.32. The summed E-state index contributed by atoms with van der Waals surface area (Å²) in [7, 11) is 0. The van der Waals surface area contributed by atoms with Gasteiger partial charge in [0.15, 0.2) is 0 Å². The van der Waals surface area contributed by atoms with E-state index in [4.69, 9.17) is 22.3 Å². The molecule has 1 rings (SSSR count). The van der Waals surface area contributed by atoms with Crippen LogP contribution in [0.15, 0.2) is 36.0 Å². The first-order valence-corrected chi connectivity index (χ1v) is 6.17. The van der Waals surface area contributed by atoms with Crippen LogP contribution in [0.25, 0.3) is 0 Å². The van der Waals surface area contributed by atoms with Gasteiger partial charge in [-0.15, -0.1) is 0 Å². The minimum atomic E-state index is -0.989. The van der Waals surface area contributed by atoms with Gasteiger partial charge in [0.25, 0.3) is 0 Å². The molecule has 0 amide bonds. The molecule has 0 aromatic heterocycles. The molecule has 2 atom stereocenters. The lowest BCUT2D eigenvalue weighted by atomic mass is 10.0. The standard InChI is InChI=1S/C14H21N3O2/c1-9(15)12(16)7-6-10-2-4-11(5-3-10)8-13(17)14(18)19/h2-5,7,9,13H,6,8,15-17H2,1H3,(H,18,19)/b12-7-. The van der Waals surface area contributed by atoms with Gasteiger partial charge in [0.1, 0.15) is 6.04 Å². The second-order valence-electron chi connectivity index (χ2n) is 4.66. The topological polar surface area (TPSA) is 115 Å². The molecule has 5 heteroatoms. The molecule has 0 heterocycles. The summed E-state index contributed by atoms with van der Waals surface area (Å²) >= 11 is 0. The molecule has 0 aliphatic carbocycles. The Morgan fingerprint density at radius 2 is 1.79 bits per heavy atom. The maximum Gasteiger partial charge on any atom is 0.320 e. The van der Waals surface area contributed by atoms with Crippen LogP contribution >= 0.6 is 0 Å². The molecule has 0 aliphatic rings. The van der Waals surface area contributed by atoms with Crippen molar-refractivity contribution in [3.05, 3.63) is 47.2 Å².